The van der Waals surface area contributed by atoms with Gasteiger partial charge in [-0.15, -0.1) is 12.4 Å². The molecule has 15 heteroatoms. The van der Waals surface area contributed by atoms with Crippen LogP contribution in [0.15, 0.2) is 133 Å². The Morgan fingerprint density at radius 1 is 0.475 bits per heavy atom. The second-order valence-electron chi connectivity index (χ2n) is 13.9. The van der Waals surface area contributed by atoms with Gasteiger partial charge < -0.3 is 20.1 Å². The minimum absolute atomic E-state index is 0. The van der Waals surface area contributed by atoms with Gasteiger partial charge in [-0.05, 0) is 61.4 Å². The van der Waals surface area contributed by atoms with Gasteiger partial charge >= 0.3 is 0 Å². The summed E-state index contributed by atoms with van der Waals surface area (Å²) < 4.78 is 66.3. The molecule has 12 nitrogen and oxygen atoms in total. The zero-order valence-electron chi connectivity index (χ0n) is 32.1. The number of hydrogen-bond donors (Lipinski definition) is 4. The number of aromatic nitrogens is 2. The van der Waals surface area contributed by atoms with E-state index in [2.05, 4.69) is 20.1 Å². The summed E-state index contributed by atoms with van der Waals surface area (Å²) in [7, 11) is -7.08. The third-order valence-corrected chi connectivity index (χ3v) is 10.5. The number of anilines is 6. The van der Waals surface area contributed by atoms with Gasteiger partial charge in [0.05, 0.1) is 81.9 Å². The Morgan fingerprint density at radius 2 is 0.797 bits per heavy atom. The molecular formula is C44H41ClN6O6S2. The number of hydrogen-bond acceptors (Lipinski definition) is 10. The molecule has 0 atom stereocenters. The van der Waals surface area contributed by atoms with Crippen molar-refractivity contribution in [3.05, 3.63) is 133 Å². The van der Waals surface area contributed by atoms with Crippen LogP contribution in [0, 0.1) is 0 Å². The largest absolute Gasteiger partial charge is 0.491 e. The highest BCUT2D eigenvalue weighted by Gasteiger charge is 2.16. The summed E-state index contributed by atoms with van der Waals surface area (Å²) in [5.41, 5.74) is 7.08. The van der Waals surface area contributed by atoms with Crippen LogP contribution >= 0.6 is 12.4 Å². The molecule has 0 aliphatic heterocycles. The van der Waals surface area contributed by atoms with Gasteiger partial charge in [0.2, 0.25) is 20.0 Å². The van der Waals surface area contributed by atoms with Crippen LogP contribution in [0.4, 0.5) is 34.1 Å². The number of para-hydroxylation sites is 4. The topological polar surface area (TPSA) is 161 Å². The summed E-state index contributed by atoms with van der Waals surface area (Å²) in [4.78, 5) is 9.66. The Hall–Kier alpha value is -6.35. The van der Waals surface area contributed by atoms with Crippen molar-refractivity contribution in [1.82, 2.24) is 9.97 Å². The van der Waals surface area contributed by atoms with E-state index in [4.69, 9.17) is 19.4 Å². The van der Waals surface area contributed by atoms with Crippen LogP contribution in [0.2, 0.25) is 0 Å². The van der Waals surface area contributed by atoms with E-state index >= 15 is 0 Å². The van der Waals surface area contributed by atoms with Gasteiger partial charge in [0, 0.05) is 33.7 Å². The summed E-state index contributed by atoms with van der Waals surface area (Å²) >= 11 is 0. The van der Waals surface area contributed by atoms with Crippen LogP contribution in [-0.2, 0) is 20.0 Å². The number of nitrogens with zero attached hydrogens (tertiary/aromatic N) is 2. The maximum absolute atomic E-state index is 12.1. The average molecular weight is 849 g/mol. The lowest BCUT2D eigenvalue weighted by Crippen LogP contribution is -2.11. The third kappa shape index (κ3) is 9.69. The number of unbranched alkanes of at least 4 members (excludes halogenated alkanes) is 1. The van der Waals surface area contributed by atoms with Gasteiger partial charge in [0.15, 0.2) is 0 Å². The Bertz CT molecular complexity index is 2750. The SMILES string of the molecule is CS(=O)(=O)Nc1ccc(Nc2c3ccccc3nc3ccccc23)c(OCCCCOc2cc(NS(C)(=O)=O)ccc2Nc2c3ccccc3nc3ccccc23)c1.Cl. The van der Waals surface area contributed by atoms with Crippen molar-refractivity contribution in [2.24, 2.45) is 0 Å². The molecular weight excluding hydrogens is 808 g/mol. The van der Waals surface area contributed by atoms with Crippen molar-refractivity contribution < 1.29 is 26.3 Å². The lowest BCUT2D eigenvalue weighted by Gasteiger charge is -2.18. The first-order valence-corrected chi connectivity index (χ1v) is 22.3. The van der Waals surface area contributed by atoms with Gasteiger partial charge in [-0.1, -0.05) is 72.8 Å². The predicted molar refractivity (Wildman–Crippen MR) is 242 cm³/mol. The fourth-order valence-electron chi connectivity index (χ4n) is 6.83. The molecule has 0 amide bonds. The number of benzene rings is 6. The molecule has 59 heavy (non-hydrogen) atoms. The van der Waals surface area contributed by atoms with Crippen LogP contribution in [0.1, 0.15) is 12.8 Å². The van der Waals surface area contributed by atoms with E-state index in [1.807, 2.05) is 97.1 Å². The van der Waals surface area contributed by atoms with Gasteiger partial charge in [0.1, 0.15) is 11.5 Å². The number of nitrogens with one attached hydrogen (secondary N) is 4. The molecule has 0 aliphatic rings. The highest BCUT2D eigenvalue weighted by molar-refractivity contribution is 7.92. The minimum Gasteiger partial charge on any atom is -0.491 e. The van der Waals surface area contributed by atoms with Gasteiger partial charge in [-0.25, -0.2) is 26.8 Å². The molecule has 302 valence electrons. The summed E-state index contributed by atoms with van der Waals surface area (Å²) in [5.74, 6) is 0.921. The second kappa shape index (κ2) is 17.2. The highest BCUT2D eigenvalue weighted by atomic mass is 35.5. The fourth-order valence-corrected chi connectivity index (χ4v) is 7.94. The average Bonchev–Trinajstić information content (AvgIpc) is 3.19. The first-order chi connectivity index (χ1) is 28.0. The molecule has 0 fully saturated rings. The fraction of sp³-hybridized carbons (Fsp3) is 0.136. The number of rotatable bonds is 15. The molecule has 0 bridgehead atoms. The Labute approximate surface area is 348 Å². The van der Waals surface area contributed by atoms with E-state index in [0.29, 0.717) is 60.3 Å². The van der Waals surface area contributed by atoms with Crippen LogP contribution in [0.25, 0.3) is 43.6 Å². The van der Waals surface area contributed by atoms with Crippen molar-refractivity contribution in [1.29, 1.82) is 0 Å². The number of fused-ring (bicyclic) bond motifs is 4. The van der Waals surface area contributed by atoms with Crippen molar-refractivity contribution >= 4 is 110 Å². The third-order valence-electron chi connectivity index (χ3n) is 9.32. The zero-order chi connectivity index (χ0) is 40.3. The number of halogens is 1. The number of pyridine rings is 2. The molecule has 2 heterocycles. The molecule has 8 aromatic rings. The first kappa shape index (κ1) is 40.8. The number of ether oxygens (including phenoxy) is 2. The van der Waals surface area contributed by atoms with E-state index in [0.717, 1.165) is 67.5 Å². The second-order valence-corrected chi connectivity index (χ2v) is 17.4. The summed E-state index contributed by atoms with van der Waals surface area (Å²) in [6, 6.07) is 41.8. The molecule has 0 saturated carbocycles. The smallest absolute Gasteiger partial charge is 0.229 e. The zero-order valence-corrected chi connectivity index (χ0v) is 34.5. The van der Waals surface area contributed by atoms with Crippen LogP contribution in [0.3, 0.4) is 0 Å². The Morgan fingerprint density at radius 3 is 1.12 bits per heavy atom. The van der Waals surface area contributed by atoms with Gasteiger partial charge in [-0.3, -0.25) is 9.44 Å². The molecule has 2 aromatic heterocycles. The van der Waals surface area contributed by atoms with E-state index in [-0.39, 0.29) is 12.4 Å². The maximum atomic E-state index is 12.1. The molecule has 0 unspecified atom stereocenters. The standard InChI is InChI=1S/C44H40N6O6S2.ClH/c1-57(51,52)49-29-21-23-39(47-43-31-13-3-7-17-35(31)45-36-18-8-4-14-32(36)43)41(27-29)55-25-11-12-26-56-42-28-30(50-58(2,53)54)22-24-40(42)48-44-33-15-5-9-19-37(33)46-38-20-10-6-16-34(38)44;/h3-10,13-24,27-28,49-50H,11-12,25-26H2,1-2H3,(H,45,47)(H,46,48);1H. The summed E-state index contributed by atoms with van der Waals surface area (Å²) in [6.45, 7) is 0.599. The molecule has 0 spiro atoms. The Balaban J connectivity index is 0.00000528. The highest BCUT2D eigenvalue weighted by Crippen LogP contribution is 2.39. The number of sulfonamides is 2. The van der Waals surface area contributed by atoms with Gasteiger partial charge in [0.25, 0.3) is 0 Å². The van der Waals surface area contributed by atoms with Crippen LogP contribution in [0.5, 0.6) is 11.5 Å². The Kier molecular flexibility index (Phi) is 11.9. The maximum Gasteiger partial charge on any atom is 0.229 e. The van der Waals surface area contributed by atoms with E-state index in [9.17, 15) is 16.8 Å². The normalized spacial score (nSPS) is 11.6. The van der Waals surface area contributed by atoms with Crippen LogP contribution < -0.4 is 29.6 Å². The van der Waals surface area contributed by atoms with Crippen molar-refractivity contribution in [3.63, 3.8) is 0 Å². The molecule has 0 saturated heterocycles. The van der Waals surface area contributed by atoms with E-state index in [1.165, 1.54) is 0 Å². The molecule has 6 aromatic carbocycles. The molecule has 0 aliphatic carbocycles. The summed E-state index contributed by atoms with van der Waals surface area (Å²) in [6.07, 6.45) is 3.39. The lowest BCUT2D eigenvalue weighted by atomic mass is 10.1. The molecule has 8 rings (SSSR count). The van der Waals surface area contributed by atoms with Gasteiger partial charge in [-0.2, -0.15) is 0 Å². The summed E-state index contributed by atoms with van der Waals surface area (Å²) in [5, 5.41) is 10.8. The first-order valence-electron chi connectivity index (χ1n) is 18.6. The molecule has 0 radical (unpaired) electrons. The lowest BCUT2D eigenvalue weighted by molar-refractivity contribution is 0.268. The van der Waals surface area contributed by atoms with E-state index in [1.54, 1.807) is 36.4 Å². The predicted octanol–water partition coefficient (Wildman–Crippen LogP) is 9.98. The van der Waals surface area contributed by atoms with Crippen molar-refractivity contribution in [2.45, 2.75) is 12.8 Å². The van der Waals surface area contributed by atoms with Crippen molar-refractivity contribution in [3.8, 4) is 11.5 Å². The van der Waals surface area contributed by atoms with Crippen molar-refractivity contribution in [2.75, 3.05) is 45.8 Å². The van der Waals surface area contributed by atoms with Crippen LogP contribution in [-0.4, -0.2) is 52.5 Å². The van der Waals surface area contributed by atoms with E-state index < -0.39 is 20.0 Å². The quantitative estimate of drug-likeness (QED) is 0.0578. The monoisotopic (exact) mass is 848 g/mol. The minimum atomic E-state index is -3.54. The molecule has 4 N–H and O–H groups in total.